The number of halogens is 2. The summed E-state index contributed by atoms with van der Waals surface area (Å²) in [6, 6.07) is 5.63. The van der Waals surface area contributed by atoms with Gasteiger partial charge in [0.15, 0.2) is 0 Å². The Morgan fingerprint density at radius 3 is 2.80 bits per heavy atom. The molecule has 0 heterocycles. The average molecular weight is 317 g/mol. The first-order valence-corrected chi connectivity index (χ1v) is 7.27. The van der Waals surface area contributed by atoms with Gasteiger partial charge in [0.25, 0.3) is 5.91 Å². The van der Waals surface area contributed by atoms with Crippen LogP contribution in [0.25, 0.3) is 0 Å². The van der Waals surface area contributed by atoms with Crippen molar-refractivity contribution in [1.29, 1.82) is 0 Å². The quantitative estimate of drug-likeness (QED) is 0.898. The maximum absolute atomic E-state index is 12.3. The molecule has 1 aromatic rings. The molecule has 2 rings (SSSR count). The van der Waals surface area contributed by atoms with Gasteiger partial charge in [-0.3, -0.25) is 4.79 Å². The van der Waals surface area contributed by atoms with Gasteiger partial charge in [0.1, 0.15) is 0 Å². The van der Waals surface area contributed by atoms with Crippen LogP contribution in [-0.2, 0) is 0 Å². The van der Waals surface area contributed by atoms with E-state index in [-0.39, 0.29) is 24.4 Å². The molecule has 5 heteroatoms. The first-order valence-electron chi connectivity index (χ1n) is 6.89. The summed E-state index contributed by atoms with van der Waals surface area (Å²) in [5.41, 5.74) is 7.29. The molecule has 112 valence electrons. The lowest BCUT2D eigenvalue weighted by Gasteiger charge is -2.31. The fourth-order valence-electron chi connectivity index (χ4n) is 2.78. The van der Waals surface area contributed by atoms with Crippen LogP contribution >= 0.6 is 24.0 Å². The highest BCUT2D eigenvalue weighted by Crippen LogP contribution is 2.24. The molecule has 1 saturated carbocycles. The SMILES string of the molecule is Cc1c(Cl)cccc1C(=O)NC1CCCCC1CN.Cl. The maximum Gasteiger partial charge on any atom is 0.251 e. The molecule has 1 aliphatic carbocycles. The molecule has 0 aromatic heterocycles. The summed E-state index contributed by atoms with van der Waals surface area (Å²) in [6.07, 6.45) is 4.50. The molecule has 2 unspecified atom stereocenters. The Hall–Kier alpha value is -0.770. The van der Waals surface area contributed by atoms with E-state index in [4.69, 9.17) is 17.3 Å². The molecular weight excluding hydrogens is 295 g/mol. The number of carbonyl (C=O) groups is 1. The molecule has 0 bridgehead atoms. The normalized spacial score (nSPS) is 21.9. The van der Waals surface area contributed by atoms with Crippen molar-refractivity contribution in [3.05, 3.63) is 34.3 Å². The molecule has 1 amide bonds. The summed E-state index contributed by atoms with van der Waals surface area (Å²) in [5.74, 6) is 0.363. The van der Waals surface area contributed by atoms with Crippen LogP contribution in [0.4, 0.5) is 0 Å². The third-order valence-corrected chi connectivity index (χ3v) is 4.45. The average Bonchev–Trinajstić information content (AvgIpc) is 2.42. The molecule has 3 N–H and O–H groups in total. The smallest absolute Gasteiger partial charge is 0.251 e. The molecule has 0 radical (unpaired) electrons. The van der Waals surface area contributed by atoms with E-state index >= 15 is 0 Å². The van der Waals surface area contributed by atoms with Gasteiger partial charge in [-0.1, -0.05) is 30.5 Å². The Kier molecular flexibility index (Phi) is 6.80. The first-order chi connectivity index (χ1) is 9.13. The molecule has 20 heavy (non-hydrogen) atoms. The second-order valence-electron chi connectivity index (χ2n) is 5.27. The zero-order valence-corrected chi connectivity index (χ0v) is 13.3. The molecule has 1 fully saturated rings. The molecule has 2 atom stereocenters. The molecule has 0 spiro atoms. The van der Waals surface area contributed by atoms with Gasteiger partial charge in [0.05, 0.1) is 0 Å². The van der Waals surface area contributed by atoms with E-state index in [1.165, 1.54) is 6.42 Å². The number of rotatable bonds is 3. The second-order valence-corrected chi connectivity index (χ2v) is 5.68. The van der Waals surface area contributed by atoms with Crippen molar-refractivity contribution in [2.75, 3.05) is 6.54 Å². The van der Waals surface area contributed by atoms with Crippen LogP contribution in [-0.4, -0.2) is 18.5 Å². The molecule has 0 aliphatic heterocycles. The number of nitrogens with one attached hydrogen (secondary N) is 1. The number of hydrogen-bond acceptors (Lipinski definition) is 2. The Morgan fingerprint density at radius 1 is 1.40 bits per heavy atom. The van der Waals surface area contributed by atoms with Crippen molar-refractivity contribution in [2.24, 2.45) is 11.7 Å². The second kappa shape index (κ2) is 7.87. The van der Waals surface area contributed by atoms with Gasteiger partial charge in [0.2, 0.25) is 0 Å². The zero-order valence-electron chi connectivity index (χ0n) is 11.7. The lowest BCUT2D eigenvalue weighted by Crippen LogP contribution is -2.44. The Balaban J connectivity index is 0.00000200. The van der Waals surface area contributed by atoms with Crippen molar-refractivity contribution in [3.63, 3.8) is 0 Å². The number of hydrogen-bond donors (Lipinski definition) is 2. The molecule has 0 saturated heterocycles. The van der Waals surface area contributed by atoms with E-state index in [9.17, 15) is 4.79 Å². The van der Waals surface area contributed by atoms with Crippen molar-refractivity contribution >= 4 is 29.9 Å². The van der Waals surface area contributed by atoms with E-state index in [1.54, 1.807) is 6.07 Å². The summed E-state index contributed by atoms with van der Waals surface area (Å²) in [4.78, 5) is 12.3. The van der Waals surface area contributed by atoms with Gasteiger partial charge in [-0.25, -0.2) is 0 Å². The zero-order chi connectivity index (χ0) is 13.8. The number of amides is 1. The van der Waals surface area contributed by atoms with E-state index in [0.717, 1.165) is 24.8 Å². The van der Waals surface area contributed by atoms with Crippen molar-refractivity contribution in [1.82, 2.24) is 5.32 Å². The largest absolute Gasteiger partial charge is 0.349 e. The van der Waals surface area contributed by atoms with Crippen LogP contribution in [0.1, 0.15) is 41.6 Å². The van der Waals surface area contributed by atoms with Gasteiger partial charge in [-0.15, -0.1) is 12.4 Å². The predicted octanol–water partition coefficient (Wildman–Crippen LogP) is 3.32. The topological polar surface area (TPSA) is 55.1 Å². The minimum Gasteiger partial charge on any atom is -0.349 e. The highest BCUT2D eigenvalue weighted by Gasteiger charge is 2.26. The summed E-state index contributed by atoms with van der Waals surface area (Å²) in [5, 5.41) is 3.76. The summed E-state index contributed by atoms with van der Waals surface area (Å²) in [7, 11) is 0. The van der Waals surface area contributed by atoms with Crippen LogP contribution in [0.15, 0.2) is 18.2 Å². The first kappa shape index (κ1) is 17.3. The van der Waals surface area contributed by atoms with Crippen molar-refractivity contribution in [2.45, 2.75) is 38.6 Å². The van der Waals surface area contributed by atoms with E-state index in [0.29, 0.717) is 23.0 Å². The lowest BCUT2D eigenvalue weighted by atomic mass is 9.84. The standard InChI is InChI=1S/C15H21ClN2O.ClH/c1-10-12(6-4-7-13(10)16)15(19)18-14-8-3-2-5-11(14)9-17;/h4,6-7,11,14H,2-3,5,8-9,17H2,1H3,(H,18,19);1H. The third kappa shape index (κ3) is 3.87. The van der Waals surface area contributed by atoms with E-state index in [1.807, 2.05) is 19.1 Å². The summed E-state index contributed by atoms with van der Waals surface area (Å²) >= 11 is 6.06. The number of benzene rings is 1. The minimum atomic E-state index is -0.0367. The van der Waals surface area contributed by atoms with Gasteiger partial charge in [-0.05, 0) is 49.9 Å². The Morgan fingerprint density at radius 2 is 2.10 bits per heavy atom. The Labute approximate surface area is 131 Å². The highest BCUT2D eigenvalue weighted by molar-refractivity contribution is 6.31. The predicted molar refractivity (Wildman–Crippen MR) is 85.7 cm³/mol. The van der Waals surface area contributed by atoms with Crippen LogP contribution in [0.5, 0.6) is 0 Å². The van der Waals surface area contributed by atoms with E-state index in [2.05, 4.69) is 5.32 Å². The van der Waals surface area contributed by atoms with Crippen LogP contribution in [0, 0.1) is 12.8 Å². The molecule has 1 aromatic carbocycles. The maximum atomic E-state index is 12.3. The monoisotopic (exact) mass is 316 g/mol. The van der Waals surface area contributed by atoms with Crippen molar-refractivity contribution < 1.29 is 4.79 Å². The number of carbonyl (C=O) groups excluding carboxylic acids is 1. The summed E-state index contributed by atoms with van der Waals surface area (Å²) < 4.78 is 0. The fraction of sp³-hybridized carbons (Fsp3) is 0.533. The van der Waals surface area contributed by atoms with Gasteiger partial charge in [-0.2, -0.15) is 0 Å². The van der Waals surface area contributed by atoms with Gasteiger partial charge >= 0.3 is 0 Å². The van der Waals surface area contributed by atoms with Crippen LogP contribution in [0.3, 0.4) is 0 Å². The van der Waals surface area contributed by atoms with Gasteiger partial charge < -0.3 is 11.1 Å². The third-order valence-electron chi connectivity index (χ3n) is 4.04. The Bertz CT molecular complexity index is 465. The fourth-order valence-corrected chi connectivity index (χ4v) is 2.95. The lowest BCUT2D eigenvalue weighted by molar-refractivity contribution is 0.0907. The molecule has 1 aliphatic rings. The summed E-state index contributed by atoms with van der Waals surface area (Å²) in [6.45, 7) is 2.51. The van der Waals surface area contributed by atoms with Crippen molar-refractivity contribution in [3.8, 4) is 0 Å². The minimum absolute atomic E-state index is 0. The van der Waals surface area contributed by atoms with Crippen LogP contribution < -0.4 is 11.1 Å². The highest BCUT2D eigenvalue weighted by atomic mass is 35.5. The number of nitrogens with two attached hydrogens (primary N) is 1. The molecule has 3 nitrogen and oxygen atoms in total. The van der Waals surface area contributed by atoms with Crippen LogP contribution in [0.2, 0.25) is 5.02 Å². The van der Waals surface area contributed by atoms with Gasteiger partial charge in [0, 0.05) is 16.6 Å². The van der Waals surface area contributed by atoms with E-state index < -0.39 is 0 Å². The molecular formula is C15H22Cl2N2O.